The van der Waals surface area contributed by atoms with E-state index in [2.05, 4.69) is 36.9 Å². The zero-order valence-corrected chi connectivity index (χ0v) is 22.8. The molecule has 3 atom stereocenters. The van der Waals surface area contributed by atoms with Gasteiger partial charge >= 0.3 is 5.97 Å². The molecule has 6 heteroatoms. The van der Waals surface area contributed by atoms with Crippen molar-refractivity contribution < 1.29 is 13.9 Å². The standard InChI is InChI=1S/C30H46FN3O2/c1-5-18-30(29(35)36-4)27(34(21-32-30)26-12-7-6-8-13-26)19-22-14-16-23(17-15-22)28(33(2)3)24-10-9-11-25(31)20-24/h9-11,20-23,26-28H,5-8,12-19H2,1-4H3. The van der Waals surface area contributed by atoms with Crippen molar-refractivity contribution >= 4 is 12.3 Å². The number of carbonyl (C=O) groups is 1. The second-order valence-electron chi connectivity index (χ2n) is 11.6. The number of halogens is 1. The molecule has 2 aliphatic carbocycles. The van der Waals surface area contributed by atoms with E-state index in [4.69, 9.17) is 9.73 Å². The van der Waals surface area contributed by atoms with Crippen molar-refractivity contribution in [2.45, 2.75) is 108 Å². The van der Waals surface area contributed by atoms with Gasteiger partial charge in [-0.2, -0.15) is 0 Å². The Bertz CT molecular complexity index is 892. The van der Waals surface area contributed by atoms with Gasteiger partial charge in [0.05, 0.1) is 19.5 Å². The van der Waals surface area contributed by atoms with Gasteiger partial charge in [0.15, 0.2) is 5.54 Å². The number of benzene rings is 1. The van der Waals surface area contributed by atoms with Crippen molar-refractivity contribution in [1.29, 1.82) is 0 Å². The molecule has 2 fully saturated rings. The summed E-state index contributed by atoms with van der Waals surface area (Å²) in [7, 11) is 5.72. The van der Waals surface area contributed by atoms with Gasteiger partial charge in [0, 0.05) is 12.1 Å². The summed E-state index contributed by atoms with van der Waals surface area (Å²) >= 11 is 0. The summed E-state index contributed by atoms with van der Waals surface area (Å²) in [6.07, 6.45) is 15.4. The van der Waals surface area contributed by atoms with Crippen molar-refractivity contribution in [3.63, 3.8) is 0 Å². The van der Waals surface area contributed by atoms with Gasteiger partial charge in [0.2, 0.25) is 0 Å². The van der Waals surface area contributed by atoms with Crippen LogP contribution in [0.5, 0.6) is 0 Å². The minimum Gasteiger partial charge on any atom is -0.467 e. The minimum absolute atomic E-state index is 0.0856. The van der Waals surface area contributed by atoms with Crippen LogP contribution in [0.1, 0.15) is 95.6 Å². The Hall–Kier alpha value is -1.95. The molecule has 0 amide bonds. The Labute approximate surface area is 217 Å². The molecule has 0 aromatic heterocycles. The van der Waals surface area contributed by atoms with E-state index in [9.17, 15) is 9.18 Å². The molecule has 0 bridgehead atoms. The fourth-order valence-corrected chi connectivity index (χ4v) is 7.45. The molecular weight excluding hydrogens is 453 g/mol. The van der Waals surface area contributed by atoms with Gasteiger partial charge in [0.25, 0.3) is 0 Å². The summed E-state index contributed by atoms with van der Waals surface area (Å²) in [6, 6.07) is 7.91. The highest BCUT2D eigenvalue weighted by Gasteiger charge is 2.53. The Morgan fingerprint density at radius 2 is 1.89 bits per heavy atom. The van der Waals surface area contributed by atoms with Gasteiger partial charge in [-0.3, -0.25) is 4.99 Å². The van der Waals surface area contributed by atoms with Crippen LogP contribution in [0.2, 0.25) is 0 Å². The van der Waals surface area contributed by atoms with Gasteiger partial charge in [-0.25, -0.2) is 9.18 Å². The maximum Gasteiger partial charge on any atom is 0.335 e. The van der Waals surface area contributed by atoms with Gasteiger partial charge in [0.1, 0.15) is 5.82 Å². The van der Waals surface area contributed by atoms with E-state index in [1.54, 1.807) is 6.07 Å². The number of nitrogens with zero attached hydrogens (tertiary/aromatic N) is 3. The summed E-state index contributed by atoms with van der Waals surface area (Å²) in [4.78, 5) is 22.9. The van der Waals surface area contributed by atoms with Crippen LogP contribution in [0.15, 0.2) is 29.3 Å². The topological polar surface area (TPSA) is 45.1 Å². The molecule has 3 unspecified atom stereocenters. The highest BCUT2D eigenvalue weighted by molar-refractivity contribution is 5.86. The van der Waals surface area contributed by atoms with E-state index < -0.39 is 5.54 Å². The molecule has 1 heterocycles. The predicted octanol–water partition coefficient (Wildman–Crippen LogP) is 6.38. The molecule has 1 aromatic carbocycles. The molecule has 3 aliphatic rings. The smallest absolute Gasteiger partial charge is 0.335 e. The summed E-state index contributed by atoms with van der Waals surface area (Å²) in [6.45, 7) is 2.14. The van der Waals surface area contributed by atoms with E-state index in [0.29, 0.717) is 17.9 Å². The minimum atomic E-state index is -0.772. The third-order valence-corrected chi connectivity index (χ3v) is 9.14. The highest BCUT2D eigenvalue weighted by atomic mass is 19.1. The van der Waals surface area contributed by atoms with Gasteiger partial charge in [-0.05, 0) is 82.2 Å². The van der Waals surface area contributed by atoms with Crippen LogP contribution in [0.4, 0.5) is 4.39 Å². The molecular formula is C30H46FN3O2. The lowest BCUT2D eigenvalue weighted by Gasteiger charge is -2.43. The van der Waals surface area contributed by atoms with Crippen LogP contribution in [0.25, 0.3) is 0 Å². The monoisotopic (exact) mass is 499 g/mol. The molecule has 0 radical (unpaired) electrons. The third-order valence-electron chi connectivity index (χ3n) is 9.14. The number of carbonyl (C=O) groups excluding carboxylic acids is 1. The normalized spacial score (nSPS) is 30.1. The van der Waals surface area contributed by atoms with E-state index in [-0.39, 0.29) is 23.9 Å². The van der Waals surface area contributed by atoms with Gasteiger partial charge in [-0.1, -0.05) is 57.6 Å². The number of esters is 1. The number of rotatable bonds is 9. The molecule has 1 aliphatic heterocycles. The van der Waals surface area contributed by atoms with Crippen molar-refractivity contribution in [1.82, 2.24) is 9.80 Å². The molecule has 36 heavy (non-hydrogen) atoms. The molecule has 200 valence electrons. The molecule has 1 aromatic rings. The summed E-state index contributed by atoms with van der Waals surface area (Å²) < 4.78 is 19.4. The molecule has 4 rings (SSSR count). The summed E-state index contributed by atoms with van der Waals surface area (Å²) in [5.74, 6) is 0.743. The maximum absolute atomic E-state index is 14.0. The average molecular weight is 500 g/mol. The number of ether oxygens (including phenoxy) is 1. The lowest BCUT2D eigenvalue weighted by atomic mass is 9.72. The SMILES string of the molecule is CCCC1(C(=O)OC)N=CN(C2CCCCC2)C1CC1CCC(C(c2cccc(F)c2)N(C)C)CC1. The largest absolute Gasteiger partial charge is 0.467 e. The van der Waals surface area contributed by atoms with Gasteiger partial charge in [-0.15, -0.1) is 0 Å². The first kappa shape index (κ1) is 27.1. The van der Waals surface area contributed by atoms with E-state index in [1.807, 2.05) is 12.4 Å². The lowest BCUT2D eigenvalue weighted by molar-refractivity contribution is -0.149. The number of hydrogen-bond acceptors (Lipinski definition) is 5. The van der Waals surface area contributed by atoms with Crippen molar-refractivity contribution in [2.75, 3.05) is 21.2 Å². The molecule has 5 nitrogen and oxygen atoms in total. The molecule has 0 spiro atoms. The number of methoxy groups -OCH3 is 1. The number of hydrogen-bond donors (Lipinski definition) is 0. The first-order valence-electron chi connectivity index (χ1n) is 14.2. The van der Waals surface area contributed by atoms with Crippen LogP contribution in [-0.4, -0.2) is 60.9 Å². The van der Waals surface area contributed by atoms with Crippen LogP contribution < -0.4 is 0 Å². The second-order valence-corrected chi connectivity index (χ2v) is 11.6. The second kappa shape index (κ2) is 12.1. The fourth-order valence-electron chi connectivity index (χ4n) is 7.45. The Balaban J connectivity index is 1.49. The zero-order chi connectivity index (χ0) is 25.7. The fraction of sp³-hybridized carbons (Fsp3) is 0.733. The predicted molar refractivity (Wildman–Crippen MR) is 144 cm³/mol. The highest BCUT2D eigenvalue weighted by Crippen LogP contribution is 2.44. The maximum atomic E-state index is 14.0. The van der Waals surface area contributed by atoms with E-state index >= 15 is 0 Å². The Morgan fingerprint density at radius 3 is 2.50 bits per heavy atom. The van der Waals surface area contributed by atoms with Crippen LogP contribution in [-0.2, 0) is 9.53 Å². The quantitative estimate of drug-likeness (QED) is 0.370. The van der Waals surface area contributed by atoms with Gasteiger partial charge < -0.3 is 14.5 Å². The van der Waals surface area contributed by atoms with Crippen molar-refractivity contribution in [3.8, 4) is 0 Å². The first-order chi connectivity index (χ1) is 17.4. The Morgan fingerprint density at radius 1 is 1.17 bits per heavy atom. The van der Waals surface area contributed by atoms with E-state index in [1.165, 1.54) is 45.3 Å². The summed E-state index contributed by atoms with van der Waals surface area (Å²) in [5, 5.41) is 0. The average Bonchev–Trinajstić information content (AvgIpc) is 3.24. The number of aliphatic imine (C=N–C) groups is 1. The van der Waals surface area contributed by atoms with Crippen molar-refractivity contribution in [2.24, 2.45) is 16.8 Å². The van der Waals surface area contributed by atoms with Crippen LogP contribution in [0.3, 0.4) is 0 Å². The molecule has 0 saturated heterocycles. The van der Waals surface area contributed by atoms with Crippen LogP contribution >= 0.6 is 0 Å². The summed E-state index contributed by atoms with van der Waals surface area (Å²) in [5.41, 5.74) is 0.301. The molecule has 0 N–H and O–H groups in total. The van der Waals surface area contributed by atoms with E-state index in [0.717, 1.165) is 50.5 Å². The zero-order valence-electron chi connectivity index (χ0n) is 22.8. The third kappa shape index (κ3) is 5.64. The first-order valence-corrected chi connectivity index (χ1v) is 14.2. The lowest BCUT2D eigenvalue weighted by Crippen LogP contribution is -2.55. The van der Waals surface area contributed by atoms with Crippen LogP contribution in [0, 0.1) is 17.7 Å². The van der Waals surface area contributed by atoms with Crippen molar-refractivity contribution in [3.05, 3.63) is 35.6 Å². The molecule has 2 saturated carbocycles. The Kier molecular flexibility index (Phi) is 9.08.